The van der Waals surface area contributed by atoms with E-state index in [1.807, 2.05) is 18.2 Å². The Hall–Kier alpha value is -1.74. The summed E-state index contributed by atoms with van der Waals surface area (Å²) in [6.45, 7) is 5.80. The lowest BCUT2D eigenvalue weighted by atomic mass is 10.1. The summed E-state index contributed by atoms with van der Waals surface area (Å²) in [7, 11) is 3.26. The number of aliphatic hydroxyl groups excluding tert-OH is 1. The van der Waals surface area contributed by atoms with Crippen molar-refractivity contribution >= 4 is 0 Å². The Morgan fingerprint density at radius 1 is 1.17 bits per heavy atom. The van der Waals surface area contributed by atoms with Gasteiger partial charge >= 0.3 is 0 Å². The summed E-state index contributed by atoms with van der Waals surface area (Å²) in [4.78, 5) is 2.16. The number of ether oxygens (including phenoxy) is 3. The lowest BCUT2D eigenvalue weighted by molar-refractivity contribution is 0.0192. The SMILES string of the molecule is C#CCOC[C@H](O)CN(Cc1cc(OC)cc(OC)c1)C(C)C. The molecule has 0 bridgehead atoms. The van der Waals surface area contributed by atoms with Crippen LogP contribution in [0.5, 0.6) is 11.5 Å². The molecule has 0 amide bonds. The number of methoxy groups -OCH3 is 2. The van der Waals surface area contributed by atoms with Gasteiger partial charge in [0.05, 0.1) is 26.9 Å². The summed E-state index contributed by atoms with van der Waals surface area (Å²) in [6, 6.07) is 6.05. The molecule has 0 fully saturated rings. The van der Waals surface area contributed by atoms with Crippen LogP contribution in [0.25, 0.3) is 0 Å². The molecule has 0 saturated heterocycles. The number of rotatable bonds is 10. The van der Waals surface area contributed by atoms with Gasteiger partial charge in [-0.1, -0.05) is 5.92 Å². The predicted octanol–water partition coefficient (Wildman–Crippen LogP) is 1.92. The first-order valence-electron chi connectivity index (χ1n) is 7.65. The standard InChI is InChI=1S/C18H27NO4/c1-6-7-23-13-16(20)12-19(14(2)3)11-15-8-17(21-4)10-18(9-15)22-5/h1,8-10,14,16,20H,7,11-13H2,2-5H3/t16-/m1/s1. The van der Waals surface area contributed by atoms with E-state index < -0.39 is 6.10 Å². The highest BCUT2D eigenvalue weighted by atomic mass is 16.5. The van der Waals surface area contributed by atoms with Gasteiger partial charge in [-0.25, -0.2) is 0 Å². The molecule has 1 aromatic rings. The quantitative estimate of drug-likeness (QED) is 0.527. The van der Waals surface area contributed by atoms with Crippen molar-refractivity contribution in [2.75, 3.05) is 34.0 Å². The van der Waals surface area contributed by atoms with E-state index in [0.717, 1.165) is 17.1 Å². The summed E-state index contributed by atoms with van der Waals surface area (Å²) in [5, 5.41) is 10.1. The number of hydrogen-bond donors (Lipinski definition) is 1. The van der Waals surface area contributed by atoms with Crippen LogP contribution in [-0.2, 0) is 11.3 Å². The van der Waals surface area contributed by atoms with Crippen molar-refractivity contribution < 1.29 is 19.3 Å². The van der Waals surface area contributed by atoms with Gasteiger partial charge < -0.3 is 19.3 Å². The molecular weight excluding hydrogens is 294 g/mol. The highest BCUT2D eigenvalue weighted by Gasteiger charge is 2.16. The maximum Gasteiger partial charge on any atom is 0.122 e. The third-order valence-corrected chi connectivity index (χ3v) is 3.47. The number of benzene rings is 1. The third-order valence-electron chi connectivity index (χ3n) is 3.47. The molecule has 0 spiro atoms. The van der Waals surface area contributed by atoms with Gasteiger partial charge in [0.15, 0.2) is 0 Å². The molecule has 1 aromatic carbocycles. The number of terminal acetylenes is 1. The molecular formula is C18H27NO4. The molecule has 0 heterocycles. The van der Waals surface area contributed by atoms with Gasteiger partial charge in [-0.2, -0.15) is 0 Å². The Morgan fingerprint density at radius 2 is 1.78 bits per heavy atom. The minimum atomic E-state index is -0.585. The van der Waals surface area contributed by atoms with E-state index in [1.54, 1.807) is 14.2 Å². The summed E-state index contributed by atoms with van der Waals surface area (Å²) >= 11 is 0. The molecule has 0 aliphatic heterocycles. The fraction of sp³-hybridized carbons (Fsp3) is 0.556. The van der Waals surface area contributed by atoms with Crippen molar-refractivity contribution in [2.24, 2.45) is 0 Å². The summed E-state index contributed by atoms with van der Waals surface area (Å²) < 4.78 is 15.8. The molecule has 0 aliphatic rings. The molecule has 5 heteroatoms. The fourth-order valence-electron chi connectivity index (χ4n) is 2.23. The van der Waals surface area contributed by atoms with Crippen LogP contribution in [0.15, 0.2) is 18.2 Å². The summed E-state index contributed by atoms with van der Waals surface area (Å²) in [6.07, 6.45) is 4.55. The number of nitrogens with zero attached hydrogens (tertiary/aromatic N) is 1. The van der Waals surface area contributed by atoms with E-state index in [4.69, 9.17) is 20.6 Å². The van der Waals surface area contributed by atoms with Gasteiger partial charge in [-0.05, 0) is 31.5 Å². The maximum atomic E-state index is 10.1. The molecule has 1 rings (SSSR count). The van der Waals surface area contributed by atoms with Crippen molar-refractivity contribution in [2.45, 2.75) is 32.5 Å². The van der Waals surface area contributed by atoms with Crippen molar-refractivity contribution in [3.63, 3.8) is 0 Å². The first kappa shape index (κ1) is 19.3. The molecule has 23 heavy (non-hydrogen) atoms. The van der Waals surface area contributed by atoms with E-state index in [2.05, 4.69) is 24.7 Å². The van der Waals surface area contributed by atoms with Crippen molar-refractivity contribution in [1.82, 2.24) is 4.90 Å². The zero-order valence-corrected chi connectivity index (χ0v) is 14.4. The molecule has 1 N–H and O–H groups in total. The van der Waals surface area contributed by atoms with Crippen molar-refractivity contribution in [1.29, 1.82) is 0 Å². The third kappa shape index (κ3) is 6.91. The molecule has 5 nitrogen and oxygen atoms in total. The number of aliphatic hydroxyl groups is 1. The highest BCUT2D eigenvalue weighted by molar-refractivity contribution is 5.38. The van der Waals surface area contributed by atoms with E-state index in [-0.39, 0.29) is 19.3 Å². The van der Waals surface area contributed by atoms with Crippen molar-refractivity contribution in [3.8, 4) is 23.8 Å². The minimum absolute atomic E-state index is 0.214. The second kappa shape index (κ2) is 10.1. The zero-order chi connectivity index (χ0) is 17.2. The molecule has 0 aliphatic carbocycles. The Kier molecular flexibility index (Phi) is 8.49. The van der Waals surface area contributed by atoms with Gasteiger partial charge in [0.2, 0.25) is 0 Å². The van der Waals surface area contributed by atoms with E-state index in [1.165, 1.54) is 0 Å². The molecule has 0 saturated carbocycles. The van der Waals surface area contributed by atoms with E-state index in [9.17, 15) is 5.11 Å². The second-order valence-corrected chi connectivity index (χ2v) is 5.62. The average molecular weight is 321 g/mol. The van der Waals surface area contributed by atoms with Crippen molar-refractivity contribution in [3.05, 3.63) is 23.8 Å². The van der Waals surface area contributed by atoms with Crippen LogP contribution in [0.1, 0.15) is 19.4 Å². The second-order valence-electron chi connectivity index (χ2n) is 5.62. The molecule has 0 unspecified atom stereocenters. The Bertz CT molecular complexity index is 488. The van der Waals surface area contributed by atoms with Gasteiger partial charge in [-0.3, -0.25) is 4.90 Å². The maximum absolute atomic E-state index is 10.1. The Balaban J connectivity index is 2.74. The zero-order valence-electron chi connectivity index (χ0n) is 14.4. The fourth-order valence-corrected chi connectivity index (χ4v) is 2.23. The largest absolute Gasteiger partial charge is 0.497 e. The first-order chi connectivity index (χ1) is 11.0. The average Bonchev–Trinajstić information content (AvgIpc) is 2.53. The highest BCUT2D eigenvalue weighted by Crippen LogP contribution is 2.24. The minimum Gasteiger partial charge on any atom is -0.497 e. The Labute approximate surface area is 139 Å². The van der Waals surface area contributed by atoms with Crippen LogP contribution >= 0.6 is 0 Å². The van der Waals surface area contributed by atoms with Crippen LogP contribution in [-0.4, -0.2) is 56.1 Å². The molecule has 0 aromatic heterocycles. The lowest BCUT2D eigenvalue weighted by Gasteiger charge is -2.29. The monoisotopic (exact) mass is 321 g/mol. The van der Waals surface area contributed by atoms with Gasteiger partial charge in [0, 0.05) is 25.2 Å². The van der Waals surface area contributed by atoms with Crippen LogP contribution < -0.4 is 9.47 Å². The van der Waals surface area contributed by atoms with Crippen LogP contribution in [0.2, 0.25) is 0 Å². The normalized spacial score (nSPS) is 12.3. The molecule has 0 radical (unpaired) electrons. The van der Waals surface area contributed by atoms with Gasteiger partial charge in [-0.15, -0.1) is 6.42 Å². The van der Waals surface area contributed by atoms with Crippen LogP contribution in [0.4, 0.5) is 0 Å². The summed E-state index contributed by atoms with van der Waals surface area (Å²) in [5.74, 6) is 3.89. The van der Waals surface area contributed by atoms with Crippen LogP contribution in [0, 0.1) is 12.3 Å². The Morgan fingerprint density at radius 3 is 2.26 bits per heavy atom. The van der Waals surface area contributed by atoms with E-state index in [0.29, 0.717) is 13.1 Å². The van der Waals surface area contributed by atoms with E-state index >= 15 is 0 Å². The summed E-state index contributed by atoms with van der Waals surface area (Å²) in [5.41, 5.74) is 1.06. The smallest absolute Gasteiger partial charge is 0.122 e. The lowest BCUT2D eigenvalue weighted by Crippen LogP contribution is -2.38. The predicted molar refractivity (Wildman–Crippen MR) is 90.8 cm³/mol. The topological polar surface area (TPSA) is 51.2 Å². The van der Waals surface area contributed by atoms with Crippen LogP contribution in [0.3, 0.4) is 0 Å². The molecule has 128 valence electrons. The van der Waals surface area contributed by atoms with Gasteiger partial charge in [0.25, 0.3) is 0 Å². The first-order valence-corrected chi connectivity index (χ1v) is 7.65. The van der Waals surface area contributed by atoms with Gasteiger partial charge in [0.1, 0.15) is 18.1 Å². The molecule has 1 atom stereocenters. The number of hydrogen-bond acceptors (Lipinski definition) is 5.